The minimum atomic E-state index is -0.169. The summed E-state index contributed by atoms with van der Waals surface area (Å²) in [5.41, 5.74) is 2.74. The Morgan fingerprint density at radius 1 is 1.38 bits per heavy atom. The lowest BCUT2D eigenvalue weighted by Crippen LogP contribution is -2.32. The lowest BCUT2D eigenvalue weighted by molar-refractivity contribution is 0.0931. The smallest absolute Gasteiger partial charge is 0.273 e. The van der Waals surface area contributed by atoms with E-state index in [1.807, 2.05) is 22.9 Å². The second-order valence-electron chi connectivity index (χ2n) is 6.49. The SMILES string of the molecule is O=C(N[C@H]1CCc2cc(Cl)ccc21)c1cn(C2CCCNC2)nn1. The minimum Gasteiger partial charge on any atom is -0.344 e. The maximum atomic E-state index is 12.5. The molecule has 1 saturated heterocycles. The number of aromatic nitrogens is 3. The van der Waals surface area contributed by atoms with Crippen molar-refractivity contribution in [1.29, 1.82) is 0 Å². The van der Waals surface area contributed by atoms with Crippen LogP contribution in [0, 0.1) is 0 Å². The molecule has 1 aromatic carbocycles. The number of nitrogens with one attached hydrogen (secondary N) is 2. The van der Waals surface area contributed by atoms with Gasteiger partial charge in [-0.1, -0.05) is 22.9 Å². The molecular formula is C17H20ClN5O. The predicted octanol–water partition coefficient (Wildman–Crippen LogP) is 2.27. The van der Waals surface area contributed by atoms with Crippen LogP contribution in [-0.4, -0.2) is 34.0 Å². The summed E-state index contributed by atoms with van der Waals surface area (Å²) in [7, 11) is 0. The van der Waals surface area contributed by atoms with E-state index in [4.69, 9.17) is 11.6 Å². The van der Waals surface area contributed by atoms with Gasteiger partial charge < -0.3 is 10.6 Å². The molecule has 1 unspecified atom stereocenters. The van der Waals surface area contributed by atoms with Crippen LogP contribution in [0.25, 0.3) is 0 Å². The molecule has 2 N–H and O–H groups in total. The van der Waals surface area contributed by atoms with Gasteiger partial charge in [-0.2, -0.15) is 0 Å². The van der Waals surface area contributed by atoms with Crippen LogP contribution in [-0.2, 0) is 6.42 Å². The van der Waals surface area contributed by atoms with Crippen molar-refractivity contribution in [3.63, 3.8) is 0 Å². The average molecular weight is 346 g/mol. The van der Waals surface area contributed by atoms with Crippen LogP contribution in [0.2, 0.25) is 5.02 Å². The maximum absolute atomic E-state index is 12.5. The van der Waals surface area contributed by atoms with Gasteiger partial charge in [0.25, 0.3) is 5.91 Å². The van der Waals surface area contributed by atoms with Crippen molar-refractivity contribution in [3.8, 4) is 0 Å². The molecule has 2 atom stereocenters. The van der Waals surface area contributed by atoms with E-state index in [2.05, 4.69) is 20.9 Å². The van der Waals surface area contributed by atoms with E-state index in [1.54, 1.807) is 6.20 Å². The number of rotatable bonds is 3. The summed E-state index contributed by atoms with van der Waals surface area (Å²) in [6, 6.07) is 6.15. The van der Waals surface area contributed by atoms with Crippen molar-refractivity contribution in [2.24, 2.45) is 0 Å². The highest BCUT2D eigenvalue weighted by molar-refractivity contribution is 6.30. The van der Waals surface area contributed by atoms with Crippen LogP contribution in [0.15, 0.2) is 24.4 Å². The van der Waals surface area contributed by atoms with Crippen LogP contribution in [0.4, 0.5) is 0 Å². The van der Waals surface area contributed by atoms with E-state index in [0.29, 0.717) is 5.69 Å². The van der Waals surface area contributed by atoms with E-state index in [1.165, 1.54) is 5.56 Å². The third-order valence-corrected chi connectivity index (χ3v) is 5.11. The lowest BCUT2D eigenvalue weighted by atomic mass is 10.1. The molecular weight excluding hydrogens is 326 g/mol. The fraction of sp³-hybridized carbons (Fsp3) is 0.471. The fourth-order valence-electron chi connectivity index (χ4n) is 3.59. The van der Waals surface area contributed by atoms with Crippen molar-refractivity contribution in [3.05, 3.63) is 46.2 Å². The Kier molecular flexibility index (Phi) is 4.24. The molecule has 1 fully saturated rings. The van der Waals surface area contributed by atoms with Crippen LogP contribution < -0.4 is 10.6 Å². The van der Waals surface area contributed by atoms with Gasteiger partial charge in [0.05, 0.1) is 18.3 Å². The van der Waals surface area contributed by atoms with E-state index < -0.39 is 0 Å². The minimum absolute atomic E-state index is 0.0197. The molecule has 6 nitrogen and oxygen atoms in total. The Labute approximate surface area is 145 Å². The Morgan fingerprint density at radius 3 is 3.12 bits per heavy atom. The van der Waals surface area contributed by atoms with E-state index in [0.717, 1.165) is 49.4 Å². The molecule has 0 radical (unpaired) electrons. The highest BCUT2D eigenvalue weighted by atomic mass is 35.5. The zero-order chi connectivity index (χ0) is 16.5. The number of benzene rings is 1. The first-order chi connectivity index (χ1) is 11.7. The molecule has 1 amide bonds. The maximum Gasteiger partial charge on any atom is 0.273 e. The van der Waals surface area contributed by atoms with Crippen molar-refractivity contribution in [2.75, 3.05) is 13.1 Å². The second-order valence-corrected chi connectivity index (χ2v) is 6.93. The normalized spacial score (nSPS) is 23.0. The predicted molar refractivity (Wildman–Crippen MR) is 91.1 cm³/mol. The molecule has 2 aliphatic rings. The molecule has 24 heavy (non-hydrogen) atoms. The molecule has 1 aliphatic heterocycles. The molecule has 2 aromatic rings. The number of fused-ring (bicyclic) bond motifs is 1. The molecule has 126 valence electrons. The molecule has 0 spiro atoms. The van der Waals surface area contributed by atoms with Crippen molar-refractivity contribution < 1.29 is 4.79 Å². The zero-order valence-electron chi connectivity index (χ0n) is 13.3. The van der Waals surface area contributed by atoms with Gasteiger partial charge in [0.15, 0.2) is 5.69 Å². The summed E-state index contributed by atoms with van der Waals surface area (Å²) < 4.78 is 1.81. The third-order valence-electron chi connectivity index (χ3n) is 4.88. The zero-order valence-corrected chi connectivity index (χ0v) is 14.1. The molecule has 0 saturated carbocycles. The first kappa shape index (κ1) is 15.6. The second kappa shape index (κ2) is 6.53. The van der Waals surface area contributed by atoms with E-state index in [9.17, 15) is 4.79 Å². The summed E-state index contributed by atoms with van der Waals surface area (Å²) in [6.45, 7) is 1.92. The third kappa shape index (κ3) is 3.03. The monoisotopic (exact) mass is 345 g/mol. The Hall–Kier alpha value is -1.92. The summed E-state index contributed by atoms with van der Waals surface area (Å²) in [6.07, 6.45) is 5.76. The number of hydrogen-bond acceptors (Lipinski definition) is 4. The highest BCUT2D eigenvalue weighted by Gasteiger charge is 2.26. The number of halogens is 1. The Morgan fingerprint density at radius 2 is 2.29 bits per heavy atom. The summed E-state index contributed by atoms with van der Waals surface area (Å²) in [5, 5.41) is 15.4. The van der Waals surface area contributed by atoms with Crippen LogP contribution in [0.5, 0.6) is 0 Å². The molecule has 4 rings (SSSR count). The van der Waals surface area contributed by atoms with Crippen LogP contribution >= 0.6 is 11.6 Å². The van der Waals surface area contributed by atoms with Gasteiger partial charge >= 0.3 is 0 Å². The summed E-state index contributed by atoms with van der Waals surface area (Å²) >= 11 is 6.04. The first-order valence-electron chi connectivity index (χ1n) is 8.42. The number of carbonyl (C=O) groups is 1. The number of carbonyl (C=O) groups excluding carboxylic acids is 1. The molecule has 1 aliphatic carbocycles. The largest absolute Gasteiger partial charge is 0.344 e. The molecule has 0 bridgehead atoms. The fourth-order valence-corrected chi connectivity index (χ4v) is 3.78. The van der Waals surface area contributed by atoms with Gasteiger partial charge in [-0.3, -0.25) is 4.79 Å². The van der Waals surface area contributed by atoms with Crippen molar-refractivity contribution >= 4 is 17.5 Å². The number of aryl methyl sites for hydroxylation is 1. The van der Waals surface area contributed by atoms with Gasteiger partial charge in [0, 0.05) is 11.6 Å². The number of hydrogen-bond donors (Lipinski definition) is 2. The Balaban J connectivity index is 1.45. The lowest BCUT2D eigenvalue weighted by Gasteiger charge is -2.22. The number of nitrogens with zero attached hydrogens (tertiary/aromatic N) is 3. The van der Waals surface area contributed by atoms with Crippen LogP contribution in [0.3, 0.4) is 0 Å². The van der Waals surface area contributed by atoms with Gasteiger partial charge in [0.2, 0.25) is 0 Å². The highest BCUT2D eigenvalue weighted by Crippen LogP contribution is 2.33. The van der Waals surface area contributed by atoms with Crippen molar-refractivity contribution in [1.82, 2.24) is 25.6 Å². The van der Waals surface area contributed by atoms with Crippen LogP contribution in [0.1, 0.15) is 53.0 Å². The number of amides is 1. The van der Waals surface area contributed by atoms with E-state index >= 15 is 0 Å². The topological polar surface area (TPSA) is 71.8 Å². The quantitative estimate of drug-likeness (QED) is 0.895. The van der Waals surface area contributed by atoms with Gasteiger partial charge in [0.1, 0.15) is 0 Å². The van der Waals surface area contributed by atoms with Gasteiger partial charge in [-0.25, -0.2) is 4.68 Å². The van der Waals surface area contributed by atoms with Crippen molar-refractivity contribution in [2.45, 2.75) is 37.8 Å². The van der Waals surface area contributed by atoms with E-state index in [-0.39, 0.29) is 18.0 Å². The molecule has 2 heterocycles. The first-order valence-corrected chi connectivity index (χ1v) is 8.80. The Bertz CT molecular complexity index is 753. The molecule has 7 heteroatoms. The van der Waals surface area contributed by atoms with Gasteiger partial charge in [-0.15, -0.1) is 5.10 Å². The standard InChI is InChI=1S/C17H20ClN5O/c18-12-4-5-14-11(8-12)3-6-15(14)20-17(24)16-10-23(22-21-16)13-2-1-7-19-9-13/h4-5,8,10,13,15,19H,1-3,6-7,9H2,(H,20,24)/t13?,15-/m0/s1. The van der Waals surface area contributed by atoms with Gasteiger partial charge in [-0.05, 0) is 55.5 Å². The summed E-state index contributed by atoms with van der Waals surface area (Å²) in [5.74, 6) is -0.169. The molecule has 1 aromatic heterocycles. The average Bonchev–Trinajstić information content (AvgIpc) is 3.23. The summed E-state index contributed by atoms with van der Waals surface area (Å²) in [4.78, 5) is 12.5. The number of piperidine rings is 1.